The van der Waals surface area contributed by atoms with Gasteiger partial charge in [-0.25, -0.2) is 0 Å². The Hall–Kier alpha value is -1.95. The van der Waals surface area contributed by atoms with Crippen LogP contribution in [0.1, 0.15) is 24.8 Å². The lowest BCUT2D eigenvalue weighted by Crippen LogP contribution is -2.07. The monoisotopic (exact) mass is 283 g/mol. The number of methoxy groups -OCH3 is 2. The SMILES string of the molecule is COc1cc(OC)c(CN)c(OCCCCC(=O)O)c1. The van der Waals surface area contributed by atoms with E-state index in [1.807, 2.05) is 0 Å². The molecule has 0 aromatic heterocycles. The Bertz CT molecular complexity index is 447. The third kappa shape index (κ3) is 4.62. The van der Waals surface area contributed by atoms with Crippen molar-refractivity contribution in [2.45, 2.75) is 25.8 Å². The summed E-state index contributed by atoms with van der Waals surface area (Å²) in [6.07, 6.45) is 1.39. The number of ether oxygens (including phenoxy) is 3. The average Bonchev–Trinajstić information content (AvgIpc) is 2.45. The summed E-state index contributed by atoms with van der Waals surface area (Å²) in [5.41, 5.74) is 6.48. The summed E-state index contributed by atoms with van der Waals surface area (Å²) >= 11 is 0. The average molecular weight is 283 g/mol. The van der Waals surface area contributed by atoms with Crippen LogP contribution in [0.4, 0.5) is 0 Å². The maximum absolute atomic E-state index is 10.4. The first-order chi connectivity index (χ1) is 9.62. The highest BCUT2D eigenvalue weighted by Crippen LogP contribution is 2.33. The van der Waals surface area contributed by atoms with Gasteiger partial charge < -0.3 is 25.1 Å². The van der Waals surface area contributed by atoms with Crippen molar-refractivity contribution in [2.24, 2.45) is 5.73 Å². The number of aliphatic carboxylic acids is 1. The van der Waals surface area contributed by atoms with E-state index in [1.165, 1.54) is 0 Å². The van der Waals surface area contributed by atoms with Gasteiger partial charge in [0, 0.05) is 30.7 Å². The molecule has 0 aliphatic carbocycles. The van der Waals surface area contributed by atoms with Crippen LogP contribution in [-0.2, 0) is 11.3 Å². The number of carboxylic acid groups (broad SMARTS) is 1. The normalized spacial score (nSPS) is 10.2. The van der Waals surface area contributed by atoms with Crippen LogP contribution >= 0.6 is 0 Å². The van der Waals surface area contributed by atoms with Gasteiger partial charge in [0.05, 0.1) is 20.8 Å². The minimum atomic E-state index is -0.796. The van der Waals surface area contributed by atoms with E-state index in [2.05, 4.69) is 0 Å². The maximum Gasteiger partial charge on any atom is 0.303 e. The van der Waals surface area contributed by atoms with Gasteiger partial charge in [0.15, 0.2) is 0 Å². The molecular weight excluding hydrogens is 262 g/mol. The Kier molecular flexibility index (Phi) is 6.66. The standard InChI is InChI=1S/C14H21NO5/c1-18-10-7-12(19-2)11(9-15)13(8-10)20-6-4-3-5-14(16)17/h7-8H,3-6,9,15H2,1-2H3,(H,16,17). The smallest absolute Gasteiger partial charge is 0.303 e. The first-order valence-corrected chi connectivity index (χ1v) is 6.42. The summed E-state index contributed by atoms with van der Waals surface area (Å²) < 4.78 is 16.1. The third-order valence-electron chi connectivity index (χ3n) is 2.84. The molecule has 0 atom stereocenters. The van der Waals surface area contributed by atoms with Crippen molar-refractivity contribution >= 4 is 5.97 Å². The maximum atomic E-state index is 10.4. The lowest BCUT2D eigenvalue weighted by molar-refractivity contribution is -0.137. The van der Waals surface area contributed by atoms with Gasteiger partial charge in [0.2, 0.25) is 0 Å². The van der Waals surface area contributed by atoms with Gasteiger partial charge in [0.1, 0.15) is 17.2 Å². The number of carboxylic acids is 1. The topological polar surface area (TPSA) is 91.0 Å². The Morgan fingerprint density at radius 2 is 1.90 bits per heavy atom. The van der Waals surface area contributed by atoms with E-state index in [-0.39, 0.29) is 13.0 Å². The molecule has 3 N–H and O–H groups in total. The van der Waals surface area contributed by atoms with Crippen molar-refractivity contribution < 1.29 is 24.1 Å². The van der Waals surface area contributed by atoms with Gasteiger partial charge in [-0.05, 0) is 12.8 Å². The zero-order chi connectivity index (χ0) is 15.0. The second-order valence-corrected chi connectivity index (χ2v) is 4.21. The fraction of sp³-hybridized carbons (Fsp3) is 0.500. The number of benzene rings is 1. The van der Waals surface area contributed by atoms with Crippen LogP contribution < -0.4 is 19.9 Å². The highest BCUT2D eigenvalue weighted by atomic mass is 16.5. The minimum absolute atomic E-state index is 0.147. The van der Waals surface area contributed by atoms with Crippen LogP contribution in [-0.4, -0.2) is 31.9 Å². The largest absolute Gasteiger partial charge is 0.496 e. The molecule has 112 valence electrons. The van der Waals surface area contributed by atoms with Crippen molar-refractivity contribution in [3.63, 3.8) is 0 Å². The van der Waals surface area contributed by atoms with Crippen LogP contribution in [0.2, 0.25) is 0 Å². The van der Waals surface area contributed by atoms with Crippen LogP contribution in [0.3, 0.4) is 0 Å². The highest BCUT2D eigenvalue weighted by molar-refractivity contribution is 5.66. The molecule has 1 aromatic carbocycles. The zero-order valence-corrected chi connectivity index (χ0v) is 11.8. The highest BCUT2D eigenvalue weighted by Gasteiger charge is 2.12. The quantitative estimate of drug-likeness (QED) is 0.671. The molecule has 0 radical (unpaired) electrons. The zero-order valence-electron chi connectivity index (χ0n) is 11.8. The Morgan fingerprint density at radius 1 is 1.20 bits per heavy atom. The first kappa shape index (κ1) is 16.1. The number of hydrogen-bond donors (Lipinski definition) is 2. The Balaban J connectivity index is 2.69. The number of carbonyl (C=O) groups is 1. The van der Waals surface area contributed by atoms with E-state index >= 15 is 0 Å². The van der Waals surface area contributed by atoms with E-state index in [0.29, 0.717) is 36.7 Å². The van der Waals surface area contributed by atoms with E-state index in [4.69, 9.17) is 25.1 Å². The van der Waals surface area contributed by atoms with E-state index in [0.717, 1.165) is 5.56 Å². The van der Waals surface area contributed by atoms with Crippen LogP contribution in [0.5, 0.6) is 17.2 Å². The van der Waals surface area contributed by atoms with Crippen LogP contribution in [0, 0.1) is 0 Å². The van der Waals surface area contributed by atoms with Gasteiger partial charge >= 0.3 is 5.97 Å². The predicted molar refractivity (Wildman–Crippen MR) is 74.4 cm³/mol. The molecule has 0 saturated heterocycles. The van der Waals surface area contributed by atoms with Crippen LogP contribution in [0.25, 0.3) is 0 Å². The lowest BCUT2D eigenvalue weighted by atomic mass is 10.1. The number of hydrogen-bond acceptors (Lipinski definition) is 5. The summed E-state index contributed by atoms with van der Waals surface area (Å²) in [7, 11) is 3.12. The molecule has 0 aliphatic heterocycles. The summed E-state index contributed by atoms with van der Waals surface area (Å²) in [6, 6.07) is 3.50. The molecule has 20 heavy (non-hydrogen) atoms. The molecule has 0 saturated carbocycles. The lowest BCUT2D eigenvalue weighted by Gasteiger charge is -2.15. The van der Waals surface area contributed by atoms with E-state index < -0.39 is 5.97 Å². The molecule has 0 bridgehead atoms. The molecule has 1 rings (SSSR count). The third-order valence-corrected chi connectivity index (χ3v) is 2.84. The van der Waals surface area contributed by atoms with Crippen molar-refractivity contribution in [2.75, 3.05) is 20.8 Å². The molecule has 6 nitrogen and oxygen atoms in total. The summed E-state index contributed by atoms with van der Waals surface area (Å²) in [5, 5.41) is 8.56. The van der Waals surface area contributed by atoms with Gasteiger partial charge in [-0.3, -0.25) is 4.79 Å². The molecule has 0 amide bonds. The van der Waals surface area contributed by atoms with Crippen molar-refractivity contribution in [3.05, 3.63) is 17.7 Å². The fourth-order valence-electron chi connectivity index (χ4n) is 1.79. The second-order valence-electron chi connectivity index (χ2n) is 4.21. The number of nitrogens with two attached hydrogens (primary N) is 1. The van der Waals surface area contributed by atoms with Gasteiger partial charge in [-0.1, -0.05) is 0 Å². The summed E-state index contributed by atoms with van der Waals surface area (Å²) in [4.78, 5) is 10.4. The molecule has 0 fully saturated rings. The van der Waals surface area contributed by atoms with Crippen molar-refractivity contribution in [1.82, 2.24) is 0 Å². The molecular formula is C14H21NO5. The Morgan fingerprint density at radius 3 is 2.45 bits per heavy atom. The van der Waals surface area contributed by atoms with E-state index in [1.54, 1.807) is 26.4 Å². The summed E-state index contributed by atoms with van der Waals surface area (Å²) in [6.45, 7) is 0.716. The summed E-state index contributed by atoms with van der Waals surface area (Å²) in [5.74, 6) is 1.06. The molecule has 0 spiro atoms. The Labute approximate surface area is 118 Å². The predicted octanol–water partition coefficient (Wildman–Crippen LogP) is 1.80. The van der Waals surface area contributed by atoms with Crippen molar-refractivity contribution in [1.29, 1.82) is 0 Å². The molecule has 1 aromatic rings. The molecule has 0 unspecified atom stereocenters. The second kappa shape index (κ2) is 8.27. The minimum Gasteiger partial charge on any atom is -0.496 e. The van der Waals surface area contributed by atoms with Gasteiger partial charge in [-0.2, -0.15) is 0 Å². The molecule has 0 heterocycles. The first-order valence-electron chi connectivity index (χ1n) is 6.42. The molecule has 0 aliphatic rings. The van der Waals surface area contributed by atoms with E-state index in [9.17, 15) is 4.79 Å². The fourth-order valence-corrected chi connectivity index (χ4v) is 1.79. The van der Waals surface area contributed by atoms with Gasteiger partial charge in [0.25, 0.3) is 0 Å². The molecule has 6 heteroatoms. The number of unbranched alkanes of at least 4 members (excludes halogenated alkanes) is 1. The van der Waals surface area contributed by atoms with Crippen LogP contribution in [0.15, 0.2) is 12.1 Å². The van der Waals surface area contributed by atoms with Crippen molar-refractivity contribution in [3.8, 4) is 17.2 Å². The van der Waals surface area contributed by atoms with Gasteiger partial charge in [-0.15, -0.1) is 0 Å². The number of rotatable bonds is 9.